The predicted octanol–water partition coefficient (Wildman–Crippen LogP) is 1.96. The molecule has 14 nitrogen and oxygen atoms in total. The number of methoxy groups -OCH3 is 1. The maximum Gasteiger partial charge on any atom is 0.406 e. The monoisotopic (exact) mass is 522 g/mol. The second-order valence-electron chi connectivity index (χ2n) is 7.99. The number of benzene rings is 1. The number of hydrogen-bond acceptors (Lipinski definition) is 9. The molecule has 0 spiro atoms. The Hall–Kier alpha value is -3.25. The number of nitrogens with zero attached hydrogens (tertiary/aromatic N) is 4. The Morgan fingerprint density at radius 1 is 1.36 bits per heavy atom. The van der Waals surface area contributed by atoms with Crippen molar-refractivity contribution in [3.8, 4) is 0 Å². The van der Waals surface area contributed by atoms with Crippen LogP contribution in [-0.2, 0) is 34.3 Å². The zero-order chi connectivity index (χ0) is 26.3. The third-order valence-electron chi connectivity index (χ3n) is 5.59. The quantitative estimate of drug-likeness (QED) is 0.146. The summed E-state index contributed by atoms with van der Waals surface area (Å²) in [6, 6.07) is 7.21. The summed E-state index contributed by atoms with van der Waals surface area (Å²) in [7, 11) is -1.70. The summed E-state index contributed by atoms with van der Waals surface area (Å²) in [5.74, 6) is -0.670. The second kappa shape index (κ2) is 12.1. The van der Waals surface area contributed by atoms with E-state index in [2.05, 4.69) is 20.1 Å². The van der Waals surface area contributed by atoms with Crippen molar-refractivity contribution in [3.63, 3.8) is 0 Å². The molecule has 5 atom stereocenters. The van der Waals surface area contributed by atoms with Crippen molar-refractivity contribution in [2.45, 2.75) is 44.2 Å². The van der Waals surface area contributed by atoms with E-state index in [9.17, 15) is 18.9 Å². The number of ether oxygens (including phenoxy) is 2. The normalized spacial score (nSPS) is 21.8. The van der Waals surface area contributed by atoms with E-state index in [0.29, 0.717) is 5.56 Å². The van der Waals surface area contributed by atoms with Crippen LogP contribution in [0.2, 0.25) is 0 Å². The van der Waals surface area contributed by atoms with E-state index in [-0.39, 0.29) is 19.4 Å². The fourth-order valence-corrected chi connectivity index (χ4v) is 4.91. The van der Waals surface area contributed by atoms with Gasteiger partial charge in [-0.2, -0.15) is 0 Å². The smallest absolute Gasteiger partial charge is 0.406 e. The van der Waals surface area contributed by atoms with Crippen LogP contribution in [0.3, 0.4) is 0 Å². The van der Waals surface area contributed by atoms with Crippen molar-refractivity contribution >= 4 is 13.7 Å². The summed E-state index contributed by atoms with van der Waals surface area (Å²) in [5, 5.41) is 6.30. The van der Waals surface area contributed by atoms with Gasteiger partial charge in [0, 0.05) is 30.2 Å². The average molecular weight is 522 g/mol. The Balaban J connectivity index is 1.74. The van der Waals surface area contributed by atoms with Crippen LogP contribution < -0.4 is 16.3 Å². The number of rotatable bonds is 11. The van der Waals surface area contributed by atoms with Crippen LogP contribution >= 0.6 is 7.75 Å². The number of H-pyrrole nitrogens is 1. The number of aryl methyl sites for hydroxylation is 1. The molecule has 2 aromatic rings. The first-order chi connectivity index (χ1) is 17.2. The molecule has 1 saturated heterocycles. The van der Waals surface area contributed by atoms with Gasteiger partial charge in [0.1, 0.15) is 12.3 Å². The van der Waals surface area contributed by atoms with Crippen LogP contribution in [0.1, 0.15) is 23.8 Å². The molecule has 2 heterocycles. The largest absolute Gasteiger partial charge is 0.468 e. The standard InChI is InChI=1S/C21H27N6O8P/c1-13-11-27(21(30)23-19(13)28)18-10-15(24-26-22)17(35-18)12-34-36(31,33-3)25-16(20(29)32-2)9-14-7-5-4-6-8-14/h4-8,11,15-18H,9-10,12H2,1-3H3,(H,25,31)(H,23,28,30)/t15-,16-,17+,18+,36?/m0/s1. The van der Waals surface area contributed by atoms with Gasteiger partial charge in [0.05, 0.1) is 25.9 Å². The summed E-state index contributed by atoms with van der Waals surface area (Å²) in [6.45, 7) is 1.18. The van der Waals surface area contributed by atoms with Crippen molar-refractivity contribution in [3.05, 3.63) is 78.9 Å². The zero-order valence-electron chi connectivity index (χ0n) is 19.9. The van der Waals surface area contributed by atoms with Crippen molar-refractivity contribution in [1.82, 2.24) is 14.6 Å². The Morgan fingerprint density at radius 3 is 2.72 bits per heavy atom. The van der Waals surface area contributed by atoms with E-state index in [4.69, 9.17) is 24.1 Å². The SMILES string of the molecule is COC(=O)[C@H](Cc1ccccc1)NP(=O)(OC)OC[C@H]1O[C@@H](n2cc(C)c(=O)[nH]c2=O)C[C@@H]1N=[N+]=[N-]. The molecule has 36 heavy (non-hydrogen) atoms. The minimum Gasteiger partial charge on any atom is -0.468 e. The fourth-order valence-electron chi connectivity index (χ4n) is 3.70. The fraction of sp³-hybridized carbons (Fsp3) is 0.476. The third-order valence-corrected chi connectivity index (χ3v) is 7.19. The molecule has 0 bridgehead atoms. The number of esters is 1. The highest BCUT2D eigenvalue weighted by Crippen LogP contribution is 2.45. The number of carbonyl (C=O) groups excluding carboxylic acids is 1. The molecule has 0 radical (unpaired) electrons. The van der Waals surface area contributed by atoms with E-state index in [0.717, 1.165) is 12.7 Å². The van der Waals surface area contributed by atoms with Gasteiger partial charge in [-0.3, -0.25) is 23.7 Å². The molecule has 0 saturated carbocycles. The van der Waals surface area contributed by atoms with Gasteiger partial charge in [-0.25, -0.2) is 14.4 Å². The lowest BCUT2D eigenvalue weighted by molar-refractivity contribution is -0.142. The van der Waals surface area contributed by atoms with Crippen LogP contribution in [0.4, 0.5) is 0 Å². The molecule has 1 unspecified atom stereocenters. The van der Waals surface area contributed by atoms with Crippen LogP contribution in [-0.4, -0.2) is 54.5 Å². The van der Waals surface area contributed by atoms with E-state index in [1.54, 1.807) is 24.3 Å². The molecular weight excluding hydrogens is 495 g/mol. The van der Waals surface area contributed by atoms with Gasteiger partial charge in [-0.1, -0.05) is 35.4 Å². The molecule has 1 fully saturated rings. The predicted molar refractivity (Wildman–Crippen MR) is 127 cm³/mol. The summed E-state index contributed by atoms with van der Waals surface area (Å²) in [5.41, 5.74) is 8.82. The number of aromatic nitrogens is 2. The first-order valence-electron chi connectivity index (χ1n) is 10.9. The number of aromatic amines is 1. The van der Waals surface area contributed by atoms with Crippen LogP contribution in [0, 0.1) is 6.92 Å². The minimum absolute atomic E-state index is 0.104. The number of nitrogens with one attached hydrogen (secondary N) is 2. The molecule has 2 N–H and O–H groups in total. The third kappa shape index (κ3) is 6.70. The molecule has 1 aliphatic heterocycles. The minimum atomic E-state index is -4.06. The molecule has 15 heteroatoms. The van der Waals surface area contributed by atoms with E-state index >= 15 is 0 Å². The summed E-state index contributed by atoms with van der Waals surface area (Å²) >= 11 is 0. The van der Waals surface area contributed by atoms with Gasteiger partial charge >= 0.3 is 19.4 Å². The van der Waals surface area contributed by atoms with Crippen LogP contribution in [0.5, 0.6) is 0 Å². The van der Waals surface area contributed by atoms with Crippen LogP contribution in [0.15, 0.2) is 51.2 Å². The lowest BCUT2D eigenvalue weighted by Crippen LogP contribution is -2.39. The highest BCUT2D eigenvalue weighted by atomic mass is 31.2. The molecule has 1 aromatic carbocycles. The van der Waals surface area contributed by atoms with Gasteiger partial charge in [0.15, 0.2) is 0 Å². The van der Waals surface area contributed by atoms with E-state index in [1.165, 1.54) is 24.8 Å². The lowest BCUT2D eigenvalue weighted by Gasteiger charge is -2.24. The van der Waals surface area contributed by atoms with Gasteiger partial charge in [-0.15, -0.1) is 0 Å². The highest BCUT2D eigenvalue weighted by molar-refractivity contribution is 7.51. The topological polar surface area (TPSA) is 187 Å². The van der Waals surface area contributed by atoms with Crippen LogP contribution in [0.25, 0.3) is 10.4 Å². The van der Waals surface area contributed by atoms with E-state index < -0.39 is 49.4 Å². The second-order valence-corrected chi connectivity index (χ2v) is 9.86. The molecule has 194 valence electrons. The zero-order valence-corrected chi connectivity index (χ0v) is 20.8. The number of hydrogen-bond donors (Lipinski definition) is 2. The first-order valence-corrected chi connectivity index (χ1v) is 12.5. The van der Waals surface area contributed by atoms with Crippen molar-refractivity contribution in [2.75, 3.05) is 20.8 Å². The van der Waals surface area contributed by atoms with Gasteiger partial charge in [0.25, 0.3) is 5.56 Å². The summed E-state index contributed by atoms with van der Waals surface area (Å²) < 4.78 is 35.7. The highest BCUT2D eigenvalue weighted by Gasteiger charge is 2.39. The summed E-state index contributed by atoms with van der Waals surface area (Å²) in [4.78, 5) is 41.3. The maximum atomic E-state index is 13.3. The Bertz CT molecular complexity index is 1280. The van der Waals surface area contributed by atoms with Crippen molar-refractivity contribution in [2.24, 2.45) is 5.11 Å². The number of carbonyl (C=O) groups is 1. The first kappa shape index (κ1) is 27.3. The lowest BCUT2D eigenvalue weighted by atomic mass is 10.1. The molecular formula is C21H27N6O8P. The Labute approximate surface area is 205 Å². The maximum absolute atomic E-state index is 13.3. The molecule has 1 aromatic heterocycles. The molecule has 0 amide bonds. The Kier molecular flexibility index (Phi) is 9.21. The molecule has 1 aliphatic rings. The average Bonchev–Trinajstić information content (AvgIpc) is 3.27. The number of azide groups is 1. The van der Waals surface area contributed by atoms with Gasteiger partial charge < -0.3 is 14.0 Å². The van der Waals surface area contributed by atoms with E-state index in [1.807, 2.05) is 6.07 Å². The summed E-state index contributed by atoms with van der Waals surface area (Å²) in [6.07, 6.45) is -0.169. The Morgan fingerprint density at radius 2 is 2.08 bits per heavy atom. The molecule has 0 aliphatic carbocycles. The van der Waals surface area contributed by atoms with Gasteiger partial charge in [0.2, 0.25) is 0 Å². The van der Waals surface area contributed by atoms with Crippen molar-refractivity contribution < 1.29 is 27.9 Å². The molecule has 3 rings (SSSR count). The van der Waals surface area contributed by atoms with Crippen molar-refractivity contribution in [1.29, 1.82) is 0 Å². The van der Waals surface area contributed by atoms with Gasteiger partial charge in [-0.05, 0) is 24.4 Å².